The van der Waals surface area contributed by atoms with Crippen molar-refractivity contribution < 1.29 is 13.9 Å². The Bertz CT molecular complexity index is 877. The van der Waals surface area contributed by atoms with Gasteiger partial charge in [-0.05, 0) is 61.1 Å². The average molecular weight is 481 g/mol. The van der Waals surface area contributed by atoms with Gasteiger partial charge in [-0.3, -0.25) is 0 Å². The van der Waals surface area contributed by atoms with Crippen molar-refractivity contribution in [2.45, 2.75) is 103 Å². The Morgan fingerprint density at radius 1 is 0.714 bits per heavy atom. The smallest absolute Gasteiger partial charge is 0.183 e. The Labute approximate surface area is 212 Å². The van der Waals surface area contributed by atoms with E-state index in [-0.39, 0.29) is 5.82 Å². The Hall–Kier alpha value is -1.71. The van der Waals surface area contributed by atoms with Crippen molar-refractivity contribution in [3.8, 4) is 11.1 Å². The largest absolute Gasteiger partial charge is 0.348 e. The highest BCUT2D eigenvalue weighted by molar-refractivity contribution is 5.65. The van der Waals surface area contributed by atoms with Crippen LogP contribution in [0.1, 0.15) is 114 Å². The third kappa shape index (κ3) is 7.40. The molecule has 0 amide bonds. The molecule has 35 heavy (non-hydrogen) atoms. The van der Waals surface area contributed by atoms with E-state index in [0.717, 1.165) is 23.5 Å². The number of hydrogen-bond acceptors (Lipinski definition) is 2. The van der Waals surface area contributed by atoms with E-state index >= 15 is 4.39 Å². The minimum atomic E-state index is -0.458. The van der Waals surface area contributed by atoms with E-state index in [2.05, 4.69) is 38.1 Å². The zero-order valence-electron chi connectivity index (χ0n) is 21.9. The molecule has 2 fully saturated rings. The first-order valence-electron chi connectivity index (χ1n) is 14.3. The van der Waals surface area contributed by atoms with Gasteiger partial charge < -0.3 is 9.47 Å². The van der Waals surface area contributed by atoms with Crippen LogP contribution in [0, 0.1) is 17.7 Å². The van der Waals surface area contributed by atoms with Crippen LogP contribution in [-0.4, -0.2) is 13.2 Å². The molecule has 1 heterocycles. The summed E-state index contributed by atoms with van der Waals surface area (Å²) >= 11 is 0. The van der Waals surface area contributed by atoms with Gasteiger partial charge in [0.25, 0.3) is 0 Å². The Morgan fingerprint density at radius 2 is 1.31 bits per heavy atom. The molecule has 1 aliphatic heterocycles. The van der Waals surface area contributed by atoms with Gasteiger partial charge in [0.1, 0.15) is 5.82 Å². The van der Waals surface area contributed by atoms with Gasteiger partial charge in [-0.15, -0.1) is 0 Å². The number of benzene rings is 2. The lowest BCUT2D eigenvalue weighted by molar-refractivity contribution is -0.206. The Kier molecular flexibility index (Phi) is 10.2. The number of ether oxygens (including phenoxy) is 2. The summed E-state index contributed by atoms with van der Waals surface area (Å²) in [5.41, 5.74) is 3.77. The maximum Gasteiger partial charge on any atom is 0.183 e. The van der Waals surface area contributed by atoms with Crippen molar-refractivity contribution in [3.05, 3.63) is 59.4 Å². The first kappa shape index (κ1) is 26.4. The lowest BCUT2D eigenvalue weighted by atomic mass is 9.77. The second-order valence-corrected chi connectivity index (χ2v) is 10.9. The van der Waals surface area contributed by atoms with Crippen molar-refractivity contribution in [3.63, 3.8) is 0 Å². The van der Waals surface area contributed by atoms with Gasteiger partial charge in [0.2, 0.25) is 0 Å². The molecule has 2 nitrogen and oxygen atoms in total. The molecule has 192 valence electrons. The highest BCUT2D eigenvalue weighted by Crippen LogP contribution is 2.38. The summed E-state index contributed by atoms with van der Waals surface area (Å²) in [5, 5.41) is 0. The summed E-state index contributed by atoms with van der Waals surface area (Å²) in [4.78, 5) is 0. The van der Waals surface area contributed by atoms with Crippen molar-refractivity contribution >= 4 is 0 Å². The van der Waals surface area contributed by atoms with Crippen molar-refractivity contribution in [2.75, 3.05) is 13.2 Å². The molecule has 1 aliphatic carbocycles. The molecule has 2 aromatic carbocycles. The maximum atomic E-state index is 15.1. The van der Waals surface area contributed by atoms with E-state index in [1.807, 2.05) is 12.1 Å². The SMILES string of the molecule is CCCCCC1CCC(c2ccc(-c3ccc(C4OCC(CCCCC)CO4)cc3F)cc2)CC1. The molecule has 0 spiro atoms. The Morgan fingerprint density at radius 3 is 1.91 bits per heavy atom. The maximum absolute atomic E-state index is 15.1. The third-order valence-electron chi connectivity index (χ3n) is 8.20. The van der Waals surface area contributed by atoms with Gasteiger partial charge in [0.05, 0.1) is 13.2 Å². The Balaban J connectivity index is 1.30. The molecule has 1 saturated carbocycles. The molecule has 2 aliphatic rings. The van der Waals surface area contributed by atoms with Crippen LogP contribution < -0.4 is 0 Å². The lowest BCUT2D eigenvalue weighted by Gasteiger charge is -2.30. The fraction of sp³-hybridized carbons (Fsp3) is 0.625. The molecule has 1 saturated heterocycles. The van der Waals surface area contributed by atoms with E-state index in [9.17, 15) is 0 Å². The quantitative estimate of drug-likeness (QED) is 0.298. The minimum Gasteiger partial charge on any atom is -0.348 e. The molecule has 0 aromatic heterocycles. The molecule has 0 N–H and O–H groups in total. The zero-order chi connectivity index (χ0) is 24.5. The predicted molar refractivity (Wildman–Crippen MR) is 143 cm³/mol. The van der Waals surface area contributed by atoms with Crippen LogP contribution in [0.25, 0.3) is 11.1 Å². The van der Waals surface area contributed by atoms with Gasteiger partial charge >= 0.3 is 0 Å². The van der Waals surface area contributed by atoms with E-state index in [1.165, 1.54) is 76.2 Å². The molecule has 0 unspecified atom stereocenters. The molecule has 4 rings (SSSR count). The first-order valence-corrected chi connectivity index (χ1v) is 14.3. The molecule has 0 atom stereocenters. The number of hydrogen-bond donors (Lipinski definition) is 0. The van der Waals surface area contributed by atoms with Gasteiger partial charge in [-0.25, -0.2) is 4.39 Å². The summed E-state index contributed by atoms with van der Waals surface area (Å²) in [6.07, 6.45) is 15.2. The van der Waals surface area contributed by atoms with E-state index in [0.29, 0.717) is 30.6 Å². The van der Waals surface area contributed by atoms with Crippen molar-refractivity contribution in [2.24, 2.45) is 11.8 Å². The number of halogens is 1. The standard InChI is InChI=1S/C32H45FO2/c1-3-5-7-9-24-11-13-26(14-12-24)27-15-17-28(18-16-27)30-20-19-29(21-31(30)33)32-34-22-25(23-35-32)10-8-6-4-2/h15-21,24-26,32H,3-14,22-23H2,1-2H3. The highest BCUT2D eigenvalue weighted by Gasteiger charge is 2.25. The molecule has 3 heteroatoms. The van der Waals surface area contributed by atoms with Crippen LogP contribution in [-0.2, 0) is 9.47 Å². The molecule has 2 aromatic rings. The molecular weight excluding hydrogens is 435 g/mol. The van der Waals surface area contributed by atoms with Crippen LogP contribution >= 0.6 is 0 Å². The topological polar surface area (TPSA) is 18.5 Å². The average Bonchev–Trinajstić information content (AvgIpc) is 2.90. The molecule has 0 bridgehead atoms. The second-order valence-electron chi connectivity index (χ2n) is 10.9. The van der Waals surface area contributed by atoms with Crippen molar-refractivity contribution in [1.82, 2.24) is 0 Å². The highest BCUT2D eigenvalue weighted by atomic mass is 19.1. The second kappa shape index (κ2) is 13.6. The normalized spacial score (nSPS) is 25.0. The van der Waals surface area contributed by atoms with E-state index < -0.39 is 6.29 Å². The van der Waals surface area contributed by atoms with E-state index in [1.54, 1.807) is 6.07 Å². The minimum absolute atomic E-state index is 0.208. The van der Waals surface area contributed by atoms with Gasteiger partial charge in [0.15, 0.2) is 6.29 Å². The molecular formula is C32H45FO2. The monoisotopic (exact) mass is 480 g/mol. The third-order valence-corrected chi connectivity index (χ3v) is 8.20. The van der Waals surface area contributed by atoms with Gasteiger partial charge in [-0.1, -0.05) is 95.2 Å². The molecule has 0 radical (unpaired) electrons. The summed E-state index contributed by atoms with van der Waals surface area (Å²) in [5.74, 6) is 1.83. The summed E-state index contributed by atoms with van der Waals surface area (Å²) in [6.45, 7) is 5.89. The van der Waals surface area contributed by atoms with Crippen LogP contribution in [0.4, 0.5) is 4.39 Å². The zero-order valence-corrected chi connectivity index (χ0v) is 21.9. The van der Waals surface area contributed by atoms with Gasteiger partial charge in [-0.2, -0.15) is 0 Å². The van der Waals surface area contributed by atoms with Gasteiger partial charge in [0, 0.05) is 17.0 Å². The fourth-order valence-corrected chi connectivity index (χ4v) is 5.90. The van der Waals surface area contributed by atoms with Crippen molar-refractivity contribution in [1.29, 1.82) is 0 Å². The summed E-state index contributed by atoms with van der Waals surface area (Å²) in [6, 6.07) is 14.0. The predicted octanol–water partition coefficient (Wildman–Crippen LogP) is 9.59. The fourth-order valence-electron chi connectivity index (χ4n) is 5.90. The summed E-state index contributed by atoms with van der Waals surface area (Å²) in [7, 11) is 0. The first-order chi connectivity index (χ1) is 17.2. The van der Waals surface area contributed by atoms with Crippen LogP contribution in [0.3, 0.4) is 0 Å². The number of unbranched alkanes of at least 4 members (excludes halogenated alkanes) is 4. The van der Waals surface area contributed by atoms with Crippen LogP contribution in [0.2, 0.25) is 0 Å². The summed E-state index contributed by atoms with van der Waals surface area (Å²) < 4.78 is 27.0. The van der Waals surface area contributed by atoms with Crippen LogP contribution in [0.5, 0.6) is 0 Å². The number of rotatable bonds is 11. The van der Waals surface area contributed by atoms with Crippen LogP contribution in [0.15, 0.2) is 42.5 Å². The van der Waals surface area contributed by atoms with E-state index in [4.69, 9.17) is 9.47 Å². The lowest BCUT2D eigenvalue weighted by Crippen LogP contribution is -2.27.